The van der Waals surface area contributed by atoms with Gasteiger partial charge in [0.25, 0.3) is 0 Å². The lowest BCUT2D eigenvalue weighted by Crippen LogP contribution is -1.07. The van der Waals surface area contributed by atoms with Gasteiger partial charge in [-0.1, -0.05) is 25.5 Å². The molecule has 0 aliphatic rings. The first-order chi connectivity index (χ1) is 3.41. The first kappa shape index (κ1) is 16.2. The van der Waals surface area contributed by atoms with Crippen LogP contribution < -0.4 is 0 Å². The van der Waals surface area contributed by atoms with E-state index in [1.807, 2.05) is 20.8 Å². The smallest absolute Gasteiger partial charge is 0.0473 e. The molecule has 44 valence electrons. The van der Waals surface area contributed by atoms with E-state index < -0.39 is 0 Å². The zero-order chi connectivity index (χ0) is 6.71. The molecule has 0 aromatic carbocycles. The largest absolute Gasteiger partial charge is 0.154 e. The van der Waals surface area contributed by atoms with Crippen LogP contribution in [0.4, 0.5) is 0 Å². The van der Waals surface area contributed by atoms with E-state index in [0.29, 0.717) is 0 Å². The topological polar surface area (TPSA) is 40.9 Å². The molecular formula is C5H13NO. The molecule has 0 rings (SSSR count). The highest BCUT2D eigenvalue weighted by Crippen LogP contribution is 1.38. The van der Waals surface area contributed by atoms with Crippen molar-refractivity contribution in [3.8, 4) is 0 Å². The van der Waals surface area contributed by atoms with Crippen molar-refractivity contribution >= 4 is 0 Å². The second kappa shape index (κ2) is 870. The maximum absolute atomic E-state index is 7.50. The molecule has 2 nitrogen and oxygen atoms in total. The molecular weight excluding hydrogens is 90.1 g/mol. The monoisotopic (exact) mass is 103 g/mol. The van der Waals surface area contributed by atoms with Crippen molar-refractivity contribution in [1.82, 2.24) is 0 Å². The van der Waals surface area contributed by atoms with Gasteiger partial charge in [0, 0.05) is 0 Å². The SMILES string of the molecule is C=CC.CC.N=O. The van der Waals surface area contributed by atoms with Gasteiger partial charge in [0.15, 0.2) is 0 Å². The summed E-state index contributed by atoms with van der Waals surface area (Å²) in [5.74, 6) is 0. The van der Waals surface area contributed by atoms with Crippen LogP contribution in [0.2, 0.25) is 0 Å². The Kier molecular flexibility index (Phi) is 2010. The average molecular weight is 103 g/mol. The van der Waals surface area contributed by atoms with E-state index in [-0.39, 0.29) is 0 Å². The lowest BCUT2D eigenvalue weighted by Gasteiger charge is -1.31. The second-order valence-corrected chi connectivity index (χ2v) is 0.408. The van der Waals surface area contributed by atoms with Crippen LogP contribution in [-0.4, -0.2) is 0 Å². The van der Waals surface area contributed by atoms with Gasteiger partial charge < -0.3 is 0 Å². The molecule has 0 heterocycles. The molecule has 0 aromatic rings. The Morgan fingerprint density at radius 3 is 1.43 bits per heavy atom. The molecule has 0 radical (unpaired) electrons. The maximum atomic E-state index is 7.50. The summed E-state index contributed by atoms with van der Waals surface area (Å²) in [7, 11) is 0. The van der Waals surface area contributed by atoms with E-state index in [1.54, 1.807) is 6.08 Å². The van der Waals surface area contributed by atoms with Gasteiger partial charge in [0.05, 0.1) is 0 Å². The van der Waals surface area contributed by atoms with Crippen LogP contribution in [-0.2, 0) is 0 Å². The Bertz CT molecular complexity index is 22.0. The minimum atomic E-state index is 1.75. The van der Waals surface area contributed by atoms with Gasteiger partial charge >= 0.3 is 0 Å². The molecule has 0 saturated heterocycles. The van der Waals surface area contributed by atoms with Gasteiger partial charge in [-0.15, -0.1) is 6.58 Å². The van der Waals surface area contributed by atoms with E-state index in [9.17, 15) is 0 Å². The molecule has 0 aliphatic heterocycles. The van der Waals surface area contributed by atoms with Gasteiger partial charge in [0.1, 0.15) is 0 Å². The van der Waals surface area contributed by atoms with Gasteiger partial charge in [-0.2, -0.15) is 4.91 Å². The Morgan fingerprint density at radius 2 is 1.43 bits per heavy atom. The molecule has 0 aliphatic carbocycles. The Hall–Kier alpha value is -0.660. The minimum Gasteiger partial charge on any atom is -0.154 e. The first-order valence-electron chi connectivity index (χ1n) is 2.19. The molecule has 1 N–H and O–H groups in total. The van der Waals surface area contributed by atoms with Gasteiger partial charge in [0.2, 0.25) is 0 Å². The summed E-state index contributed by atoms with van der Waals surface area (Å²) < 4.78 is 0. The third-order valence-electron chi connectivity index (χ3n) is 0. The highest BCUT2D eigenvalue weighted by Gasteiger charge is 1.15. The lowest BCUT2D eigenvalue weighted by molar-refractivity contribution is 1.49. The molecule has 7 heavy (non-hydrogen) atoms. The normalized spacial score (nSPS) is 3.29. The predicted octanol–water partition coefficient (Wildman–Crippen LogP) is 2.55. The van der Waals surface area contributed by atoms with E-state index in [1.165, 1.54) is 0 Å². The summed E-state index contributed by atoms with van der Waals surface area (Å²) in [6.07, 6.45) is 1.75. The van der Waals surface area contributed by atoms with Gasteiger partial charge in [-0.05, 0) is 6.92 Å². The number of nitrogens with one attached hydrogen (secondary N) is 1. The Morgan fingerprint density at radius 1 is 1.43 bits per heavy atom. The number of nitroso groups, excluding NO2 is 1. The first-order valence-corrected chi connectivity index (χ1v) is 2.19. The molecule has 2 heteroatoms. The molecule has 0 atom stereocenters. The van der Waals surface area contributed by atoms with Crippen molar-refractivity contribution in [3.05, 3.63) is 17.6 Å². The maximum Gasteiger partial charge on any atom is -0.0473 e. The van der Waals surface area contributed by atoms with Crippen molar-refractivity contribution < 1.29 is 0 Å². The fraction of sp³-hybridized carbons (Fsp3) is 0.600. The summed E-state index contributed by atoms with van der Waals surface area (Å²) >= 11 is 0. The minimum absolute atomic E-state index is 1.75. The van der Waals surface area contributed by atoms with Gasteiger partial charge in [-0.25, -0.2) is 0 Å². The van der Waals surface area contributed by atoms with Crippen LogP contribution in [0.15, 0.2) is 12.7 Å². The summed E-state index contributed by atoms with van der Waals surface area (Å²) in [6.45, 7) is 9.25. The van der Waals surface area contributed by atoms with Crippen molar-refractivity contribution in [2.75, 3.05) is 0 Å². The van der Waals surface area contributed by atoms with E-state index in [4.69, 9.17) is 4.91 Å². The lowest BCUT2D eigenvalue weighted by atomic mass is 10.8. The molecule has 0 bridgehead atoms. The van der Waals surface area contributed by atoms with E-state index in [0.717, 1.165) is 0 Å². The zero-order valence-corrected chi connectivity index (χ0v) is 5.19. The fourth-order valence-electron chi connectivity index (χ4n) is 0. The van der Waals surface area contributed by atoms with Crippen LogP contribution in [0.5, 0.6) is 0 Å². The summed E-state index contributed by atoms with van der Waals surface area (Å²) in [6, 6.07) is 0. The standard InChI is InChI=1S/C3H6.C2H6.HNO/c1-3-2;2*1-2/h3H,1H2,2H3;1-2H3;1H. The van der Waals surface area contributed by atoms with Crippen LogP contribution in [0.25, 0.3) is 0 Å². The van der Waals surface area contributed by atoms with Crippen molar-refractivity contribution in [2.24, 2.45) is 0 Å². The number of allylic oxidation sites excluding steroid dienone is 1. The Balaban J connectivity index is -0.0000000360. The zero-order valence-electron chi connectivity index (χ0n) is 5.19. The fourth-order valence-corrected chi connectivity index (χ4v) is 0. The highest BCUT2D eigenvalue weighted by atomic mass is 16.2. The van der Waals surface area contributed by atoms with Crippen molar-refractivity contribution in [1.29, 1.82) is 5.59 Å². The Labute approximate surface area is 45.0 Å². The molecule has 0 unspecified atom stereocenters. The second-order valence-electron chi connectivity index (χ2n) is 0.408. The van der Waals surface area contributed by atoms with Crippen LogP contribution >= 0.6 is 0 Å². The summed E-state index contributed by atoms with van der Waals surface area (Å²) in [5.41, 5.74) is 4.50. The summed E-state index contributed by atoms with van der Waals surface area (Å²) in [5, 5.41) is 0. The third kappa shape index (κ3) is 137. The average Bonchev–Trinajstić information content (AvgIpc) is 1.78. The third-order valence-corrected chi connectivity index (χ3v) is 0. The van der Waals surface area contributed by atoms with Crippen molar-refractivity contribution in [2.45, 2.75) is 20.8 Å². The van der Waals surface area contributed by atoms with E-state index >= 15 is 0 Å². The quantitative estimate of drug-likeness (QED) is 0.371. The van der Waals surface area contributed by atoms with E-state index in [2.05, 4.69) is 12.2 Å². The number of hydrogen-bond donors (Lipinski definition) is 1. The van der Waals surface area contributed by atoms with Crippen LogP contribution in [0.1, 0.15) is 20.8 Å². The molecule has 0 saturated carbocycles. The molecule has 0 fully saturated rings. The molecule has 0 aromatic heterocycles. The van der Waals surface area contributed by atoms with Gasteiger partial charge in [-0.3, -0.25) is 0 Å². The number of rotatable bonds is 0. The van der Waals surface area contributed by atoms with Crippen LogP contribution in [0, 0.1) is 10.5 Å². The molecule has 0 spiro atoms. The summed E-state index contributed by atoms with van der Waals surface area (Å²) in [4.78, 5) is 7.50. The van der Waals surface area contributed by atoms with Crippen molar-refractivity contribution in [3.63, 3.8) is 0 Å². The number of hydrogen-bond acceptors (Lipinski definition) is 2. The predicted molar refractivity (Wildman–Crippen MR) is 33.3 cm³/mol. The van der Waals surface area contributed by atoms with Crippen LogP contribution in [0.3, 0.4) is 0 Å². The molecule has 0 amide bonds. The highest BCUT2D eigenvalue weighted by molar-refractivity contribution is 4.51.